The number of benzene rings is 2. The van der Waals surface area contributed by atoms with Gasteiger partial charge in [-0.2, -0.15) is 0 Å². The van der Waals surface area contributed by atoms with Gasteiger partial charge in [-0.25, -0.2) is 14.4 Å². The molecule has 0 bridgehead atoms. The minimum atomic E-state index is -0.880. The standard InChI is InChI=1S/C35H44ClN3O10/c1-34(2,3)48-31(42)37-14-16-39(8)32(43)46-26-18-23(40)28(21-13-15-38(7)19-27(21)47-33(44)49-35(4,5)6)30-29(26)24(41)17-25(45-30)20-11-9-10-12-22(20)36/h9-12,17-18,21,27,40H,13-16,19H2,1-8H3,(H,37,42). The fraction of sp³-hybridized carbons (Fsp3) is 0.486. The number of phenols is 1. The quantitative estimate of drug-likeness (QED) is 0.259. The number of carbonyl (C=O) groups excluding carboxylic acids is 3. The van der Waals surface area contributed by atoms with Crippen molar-refractivity contribution in [3.63, 3.8) is 0 Å². The molecule has 49 heavy (non-hydrogen) atoms. The lowest BCUT2D eigenvalue weighted by molar-refractivity contribution is -0.0461. The molecule has 4 rings (SSSR count). The van der Waals surface area contributed by atoms with Gasteiger partial charge in [0.15, 0.2) is 11.2 Å². The minimum absolute atomic E-state index is 0.0462. The molecule has 1 aliphatic rings. The van der Waals surface area contributed by atoms with Gasteiger partial charge >= 0.3 is 18.3 Å². The van der Waals surface area contributed by atoms with E-state index in [0.29, 0.717) is 30.1 Å². The molecule has 0 saturated carbocycles. The zero-order valence-electron chi connectivity index (χ0n) is 29.0. The molecule has 2 unspecified atom stereocenters. The van der Waals surface area contributed by atoms with E-state index in [1.807, 2.05) is 11.9 Å². The Kier molecular flexibility index (Phi) is 11.4. The number of carbonyl (C=O) groups is 3. The Morgan fingerprint density at radius 2 is 1.76 bits per heavy atom. The van der Waals surface area contributed by atoms with Gasteiger partial charge in [-0.15, -0.1) is 0 Å². The van der Waals surface area contributed by atoms with Crippen molar-refractivity contribution >= 4 is 40.9 Å². The number of hydrogen-bond donors (Lipinski definition) is 2. The third-order valence-corrected chi connectivity index (χ3v) is 7.85. The zero-order valence-corrected chi connectivity index (χ0v) is 29.8. The second kappa shape index (κ2) is 15.0. The highest BCUT2D eigenvalue weighted by Gasteiger charge is 2.38. The number of alkyl carbamates (subject to hydrolysis) is 1. The molecule has 2 heterocycles. The number of nitrogens with zero attached hydrogens (tertiary/aromatic N) is 2. The summed E-state index contributed by atoms with van der Waals surface area (Å²) in [5.74, 6) is -1.10. The molecule has 0 aliphatic carbocycles. The number of halogens is 1. The number of rotatable bonds is 7. The van der Waals surface area contributed by atoms with Gasteiger partial charge in [-0.1, -0.05) is 23.7 Å². The SMILES string of the molecule is CN1CCC(c2c(O)cc(OC(=O)N(C)CCNC(=O)OC(C)(C)C)c3c(=O)cc(-c4ccccc4Cl)oc23)C(OC(=O)OC(C)(C)C)C1. The monoisotopic (exact) mass is 701 g/mol. The van der Waals surface area contributed by atoms with E-state index in [1.165, 1.54) is 24.1 Å². The number of likely N-dealkylation sites (tertiary alicyclic amines) is 1. The maximum Gasteiger partial charge on any atom is 0.509 e. The summed E-state index contributed by atoms with van der Waals surface area (Å²) in [4.78, 5) is 55.0. The number of phenolic OH excluding ortho intramolecular Hbond substituents is 1. The summed E-state index contributed by atoms with van der Waals surface area (Å²) in [7, 11) is 3.32. The van der Waals surface area contributed by atoms with Crippen LogP contribution in [0.1, 0.15) is 59.4 Å². The second-order valence-electron chi connectivity index (χ2n) is 14.0. The summed E-state index contributed by atoms with van der Waals surface area (Å²) in [5, 5.41) is 14.3. The number of nitrogens with one attached hydrogen (secondary N) is 1. The summed E-state index contributed by atoms with van der Waals surface area (Å²) < 4.78 is 28.4. The Hall–Kier alpha value is -4.49. The van der Waals surface area contributed by atoms with Gasteiger partial charge in [0.25, 0.3) is 0 Å². The predicted molar refractivity (Wildman–Crippen MR) is 183 cm³/mol. The van der Waals surface area contributed by atoms with Crippen LogP contribution in [0.15, 0.2) is 45.6 Å². The van der Waals surface area contributed by atoms with Gasteiger partial charge in [0.1, 0.15) is 39.8 Å². The molecule has 266 valence electrons. The molecular weight excluding hydrogens is 658 g/mol. The Morgan fingerprint density at radius 3 is 2.41 bits per heavy atom. The first-order chi connectivity index (χ1) is 22.8. The molecule has 2 amide bonds. The van der Waals surface area contributed by atoms with Crippen molar-refractivity contribution in [3.8, 4) is 22.8 Å². The van der Waals surface area contributed by atoms with Crippen molar-refractivity contribution in [2.45, 2.75) is 71.2 Å². The van der Waals surface area contributed by atoms with Gasteiger partial charge in [0, 0.05) is 55.9 Å². The van der Waals surface area contributed by atoms with Crippen LogP contribution in [0.2, 0.25) is 5.02 Å². The normalized spacial score (nSPS) is 16.9. The predicted octanol–water partition coefficient (Wildman–Crippen LogP) is 6.51. The van der Waals surface area contributed by atoms with Crippen molar-refractivity contribution < 1.29 is 42.9 Å². The van der Waals surface area contributed by atoms with Gasteiger partial charge in [0.2, 0.25) is 0 Å². The molecule has 1 aromatic heterocycles. The van der Waals surface area contributed by atoms with Crippen molar-refractivity contribution in [1.82, 2.24) is 15.1 Å². The summed E-state index contributed by atoms with van der Waals surface area (Å²) in [5.41, 5.74) is -1.47. The Labute approximate surface area is 290 Å². The molecule has 13 nitrogen and oxygen atoms in total. The highest BCUT2D eigenvalue weighted by Crippen LogP contribution is 2.44. The number of fused-ring (bicyclic) bond motifs is 1. The van der Waals surface area contributed by atoms with E-state index in [-0.39, 0.29) is 46.9 Å². The third kappa shape index (κ3) is 9.79. The number of amides is 2. The molecule has 1 aliphatic heterocycles. The summed E-state index contributed by atoms with van der Waals surface area (Å²) in [6.07, 6.45) is -2.77. The lowest BCUT2D eigenvalue weighted by atomic mass is 9.85. The largest absolute Gasteiger partial charge is 0.509 e. The van der Waals surface area contributed by atoms with E-state index < -0.39 is 47.0 Å². The number of hydrogen-bond acceptors (Lipinski definition) is 11. The average Bonchev–Trinajstić information content (AvgIpc) is 2.96. The van der Waals surface area contributed by atoms with E-state index in [0.717, 1.165) is 0 Å². The second-order valence-corrected chi connectivity index (χ2v) is 14.4. The van der Waals surface area contributed by atoms with Gasteiger partial charge in [-0.3, -0.25) is 4.79 Å². The van der Waals surface area contributed by atoms with Gasteiger partial charge in [-0.05, 0) is 73.7 Å². The minimum Gasteiger partial charge on any atom is -0.507 e. The first-order valence-corrected chi connectivity index (χ1v) is 16.3. The molecule has 14 heteroatoms. The number of aromatic hydroxyl groups is 1. The van der Waals surface area contributed by atoms with Crippen LogP contribution in [0.3, 0.4) is 0 Å². The maximum atomic E-state index is 13.9. The van der Waals surface area contributed by atoms with Crippen LogP contribution in [0.25, 0.3) is 22.3 Å². The van der Waals surface area contributed by atoms with Crippen LogP contribution in [0, 0.1) is 0 Å². The van der Waals surface area contributed by atoms with Crippen LogP contribution in [0.4, 0.5) is 14.4 Å². The van der Waals surface area contributed by atoms with Crippen molar-refractivity contribution in [1.29, 1.82) is 0 Å². The van der Waals surface area contributed by atoms with E-state index in [1.54, 1.807) is 65.8 Å². The Morgan fingerprint density at radius 1 is 1.08 bits per heavy atom. The molecular formula is C35H44ClN3O10. The molecule has 1 saturated heterocycles. The van der Waals surface area contributed by atoms with Crippen molar-refractivity contribution in [3.05, 3.63) is 57.2 Å². The van der Waals surface area contributed by atoms with Crippen LogP contribution in [-0.4, -0.2) is 90.8 Å². The average molecular weight is 702 g/mol. The fourth-order valence-electron chi connectivity index (χ4n) is 5.36. The zero-order chi connectivity index (χ0) is 36.3. The van der Waals surface area contributed by atoms with Gasteiger partial charge < -0.3 is 43.6 Å². The maximum absolute atomic E-state index is 13.9. The summed E-state index contributed by atoms with van der Waals surface area (Å²) in [6.45, 7) is 11.3. The number of piperidine rings is 1. The lowest BCUT2D eigenvalue weighted by Gasteiger charge is -2.37. The highest BCUT2D eigenvalue weighted by molar-refractivity contribution is 6.33. The molecule has 3 aromatic rings. The molecule has 1 fully saturated rings. The number of ether oxygens (including phenoxy) is 4. The molecule has 2 aromatic carbocycles. The smallest absolute Gasteiger partial charge is 0.507 e. The lowest BCUT2D eigenvalue weighted by Crippen LogP contribution is -2.44. The van der Waals surface area contributed by atoms with E-state index in [9.17, 15) is 24.3 Å². The number of likely N-dealkylation sites (N-methyl/N-ethyl adjacent to an activating group) is 2. The highest BCUT2D eigenvalue weighted by atomic mass is 35.5. The van der Waals surface area contributed by atoms with Crippen LogP contribution < -0.4 is 15.5 Å². The van der Waals surface area contributed by atoms with Crippen LogP contribution in [0.5, 0.6) is 11.5 Å². The van der Waals surface area contributed by atoms with E-state index in [4.69, 9.17) is 35.0 Å². The Bertz CT molecular complexity index is 1760. The molecule has 2 atom stereocenters. The van der Waals surface area contributed by atoms with E-state index in [2.05, 4.69) is 5.32 Å². The fourth-order valence-corrected chi connectivity index (χ4v) is 5.59. The molecule has 0 spiro atoms. The van der Waals surface area contributed by atoms with Crippen molar-refractivity contribution in [2.24, 2.45) is 0 Å². The first kappa shape index (κ1) is 37.3. The van der Waals surface area contributed by atoms with Crippen LogP contribution in [-0.2, 0) is 14.2 Å². The van der Waals surface area contributed by atoms with Gasteiger partial charge in [0.05, 0.1) is 5.02 Å². The molecule has 0 radical (unpaired) electrons. The summed E-state index contributed by atoms with van der Waals surface area (Å²) >= 11 is 6.46. The Balaban J connectivity index is 1.75. The summed E-state index contributed by atoms with van der Waals surface area (Å²) in [6, 6.07) is 9.21. The molecule has 2 N–H and O–H groups in total. The topological polar surface area (TPSA) is 157 Å². The first-order valence-electron chi connectivity index (χ1n) is 15.9. The van der Waals surface area contributed by atoms with E-state index >= 15 is 0 Å². The van der Waals surface area contributed by atoms with Crippen molar-refractivity contribution in [2.75, 3.05) is 40.3 Å². The van der Waals surface area contributed by atoms with Crippen LogP contribution >= 0.6 is 11.6 Å². The third-order valence-electron chi connectivity index (χ3n) is 7.52.